The zero-order valence-corrected chi connectivity index (χ0v) is 17.4. The van der Waals surface area contributed by atoms with Crippen molar-refractivity contribution in [3.05, 3.63) is 59.0 Å². The molecule has 0 spiro atoms. The Balaban J connectivity index is 2.09. The average molecular weight is 417 g/mol. The van der Waals surface area contributed by atoms with Gasteiger partial charge in [-0.1, -0.05) is 12.1 Å². The fourth-order valence-electron chi connectivity index (χ4n) is 2.54. The quantitative estimate of drug-likeness (QED) is 0.498. The maximum Gasteiger partial charge on any atom is 0.285 e. The van der Waals surface area contributed by atoms with Crippen LogP contribution in [0.5, 0.6) is 23.0 Å². The molecule has 0 heterocycles. The summed E-state index contributed by atoms with van der Waals surface area (Å²) in [6.45, 7) is 0. The van der Waals surface area contributed by atoms with Crippen molar-refractivity contribution in [3.8, 4) is 23.0 Å². The van der Waals surface area contributed by atoms with E-state index in [9.17, 15) is 9.35 Å². The zero-order valence-electron chi connectivity index (χ0n) is 16.6. The van der Waals surface area contributed by atoms with Crippen LogP contribution in [0.25, 0.3) is 12.2 Å². The molecule has 0 saturated carbocycles. The van der Waals surface area contributed by atoms with Crippen LogP contribution in [-0.4, -0.2) is 38.9 Å². The van der Waals surface area contributed by atoms with Crippen molar-refractivity contribution in [1.29, 1.82) is 0 Å². The molecule has 154 valence electrons. The number of ether oxygens (including phenoxy) is 4. The molecule has 7 nitrogen and oxygen atoms in total. The Morgan fingerprint density at radius 3 is 1.66 bits per heavy atom. The molecule has 0 aromatic heterocycles. The van der Waals surface area contributed by atoms with Gasteiger partial charge in [-0.2, -0.15) is 4.72 Å². The smallest absolute Gasteiger partial charge is 0.285 e. The van der Waals surface area contributed by atoms with E-state index < -0.39 is 17.3 Å². The molecule has 0 aliphatic rings. The Bertz CT molecular complexity index is 852. The number of amides is 1. The summed E-state index contributed by atoms with van der Waals surface area (Å²) in [6, 6.07) is 10.6. The fraction of sp³-hybridized carbons (Fsp3) is 0.190. The summed E-state index contributed by atoms with van der Waals surface area (Å²) in [5, 5.41) is 1.34. The fourth-order valence-corrected chi connectivity index (χ4v) is 3.14. The van der Waals surface area contributed by atoms with Gasteiger partial charge in [0.2, 0.25) is 0 Å². The van der Waals surface area contributed by atoms with Gasteiger partial charge in [-0.25, -0.2) is 0 Å². The van der Waals surface area contributed by atoms with E-state index >= 15 is 0 Å². The average Bonchev–Trinajstić information content (AvgIpc) is 2.75. The van der Waals surface area contributed by atoms with Gasteiger partial charge in [-0.15, -0.1) is 0 Å². The van der Waals surface area contributed by atoms with Crippen molar-refractivity contribution in [2.24, 2.45) is 0 Å². The van der Waals surface area contributed by atoms with Gasteiger partial charge in [0, 0.05) is 12.2 Å². The predicted molar refractivity (Wildman–Crippen MR) is 113 cm³/mol. The van der Waals surface area contributed by atoms with Crippen LogP contribution >= 0.6 is 0 Å². The number of methoxy groups -OCH3 is 4. The summed E-state index contributed by atoms with van der Waals surface area (Å²) < 4.78 is 35.7. The minimum atomic E-state index is -1.75. The van der Waals surface area contributed by atoms with Gasteiger partial charge in [0.1, 0.15) is 39.8 Å². The molecule has 0 aliphatic heterocycles. The molecule has 2 aromatic carbocycles. The molecule has 2 rings (SSSR count). The van der Waals surface area contributed by atoms with E-state index in [1.165, 1.54) is 46.0 Å². The maximum atomic E-state index is 12.2. The molecular weight excluding hydrogens is 394 g/mol. The zero-order chi connectivity index (χ0) is 21.2. The maximum absolute atomic E-state index is 12.2. The first-order chi connectivity index (χ1) is 14.0. The lowest BCUT2D eigenvalue weighted by molar-refractivity contribution is -0.114. The Kier molecular flexibility index (Phi) is 8.45. The third kappa shape index (κ3) is 5.94. The summed E-state index contributed by atoms with van der Waals surface area (Å²) in [7, 11) is 6.11. The van der Waals surface area contributed by atoms with E-state index in [0.29, 0.717) is 34.1 Å². The summed E-state index contributed by atoms with van der Waals surface area (Å²) in [4.78, 5) is 12.1. The van der Waals surface area contributed by atoms with E-state index in [2.05, 4.69) is 4.72 Å². The molecule has 0 bridgehead atoms. The first kappa shape index (κ1) is 22.2. The number of rotatable bonds is 9. The van der Waals surface area contributed by atoms with Crippen molar-refractivity contribution in [2.75, 3.05) is 28.4 Å². The van der Waals surface area contributed by atoms with E-state index in [0.717, 1.165) is 0 Å². The standard InChI is InChI=1S/C21H23NO6S/c1-25-17-7-5-8-18(26-2)15(17)11-12-21(23)22-29(24)14-13-16-19(27-3)9-6-10-20(16)28-4/h5-14H,1-4H3,(H,22,23)/b12-11-,14-13+. The summed E-state index contributed by atoms with van der Waals surface area (Å²) in [6.07, 6.45) is 4.37. The summed E-state index contributed by atoms with van der Waals surface area (Å²) >= 11 is -1.75. The largest absolute Gasteiger partial charge is 0.588 e. The van der Waals surface area contributed by atoms with Crippen molar-refractivity contribution in [2.45, 2.75) is 0 Å². The molecule has 1 N–H and O–H groups in total. The van der Waals surface area contributed by atoms with Crippen molar-refractivity contribution in [1.82, 2.24) is 4.72 Å². The number of hydrogen-bond donors (Lipinski definition) is 1. The lowest BCUT2D eigenvalue weighted by atomic mass is 10.1. The van der Waals surface area contributed by atoms with Crippen LogP contribution in [-0.2, 0) is 16.2 Å². The number of benzene rings is 2. The minimum absolute atomic E-state index is 0.534. The second-order valence-corrected chi connectivity index (χ2v) is 6.62. The number of carbonyl (C=O) groups excluding carboxylic acids is 1. The van der Waals surface area contributed by atoms with Gasteiger partial charge < -0.3 is 23.5 Å². The molecule has 1 atom stereocenters. The van der Waals surface area contributed by atoms with Crippen molar-refractivity contribution in [3.63, 3.8) is 0 Å². The molecule has 2 aromatic rings. The SMILES string of the molecule is COc1cccc(OC)c1/C=C\C(=O)N[S+]([O-])/C=C/c1c(OC)cccc1OC. The van der Waals surface area contributed by atoms with Crippen LogP contribution in [0.2, 0.25) is 0 Å². The molecule has 0 saturated heterocycles. The number of nitrogens with one attached hydrogen (secondary N) is 1. The summed E-state index contributed by atoms with van der Waals surface area (Å²) in [5.74, 6) is 1.70. The van der Waals surface area contributed by atoms with Crippen LogP contribution in [0.3, 0.4) is 0 Å². The number of carbonyl (C=O) groups is 1. The van der Waals surface area contributed by atoms with E-state index in [1.54, 1.807) is 42.5 Å². The van der Waals surface area contributed by atoms with E-state index in [-0.39, 0.29) is 0 Å². The van der Waals surface area contributed by atoms with Crippen molar-refractivity contribution >= 4 is 29.4 Å². The highest BCUT2D eigenvalue weighted by Gasteiger charge is 2.11. The molecule has 0 fully saturated rings. The highest BCUT2D eigenvalue weighted by molar-refractivity contribution is 7.93. The lowest BCUT2D eigenvalue weighted by Gasteiger charge is -2.10. The third-order valence-corrected chi connectivity index (χ3v) is 4.68. The Morgan fingerprint density at radius 2 is 1.24 bits per heavy atom. The molecular formula is C21H23NO6S. The van der Waals surface area contributed by atoms with E-state index in [1.807, 2.05) is 0 Å². The monoisotopic (exact) mass is 417 g/mol. The normalized spacial score (nSPS) is 12.0. The van der Waals surface area contributed by atoms with Gasteiger partial charge in [-0.3, -0.25) is 4.79 Å². The molecule has 8 heteroatoms. The molecule has 1 amide bonds. The second kappa shape index (κ2) is 11.0. The first-order valence-corrected chi connectivity index (χ1v) is 9.74. The Morgan fingerprint density at radius 1 is 0.828 bits per heavy atom. The Hall–Kier alpha value is -3.10. The second-order valence-electron chi connectivity index (χ2n) is 5.55. The van der Waals surface area contributed by atoms with E-state index in [4.69, 9.17) is 18.9 Å². The molecule has 0 radical (unpaired) electrons. The van der Waals surface area contributed by atoms with Gasteiger partial charge in [-0.05, 0) is 30.3 Å². The van der Waals surface area contributed by atoms with Crippen LogP contribution in [0.15, 0.2) is 47.9 Å². The van der Waals surface area contributed by atoms with Crippen LogP contribution < -0.4 is 23.7 Å². The molecule has 29 heavy (non-hydrogen) atoms. The van der Waals surface area contributed by atoms with Gasteiger partial charge in [0.15, 0.2) is 0 Å². The van der Waals surface area contributed by atoms with Gasteiger partial charge >= 0.3 is 0 Å². The highest BCUT2D eigenvalue weighted by atomic mass is 32.2. The van der Waals surface area contributed by atoms with Gasteiger partial charge in [0.05, 0.1) is 39.6 Å². The lowest BCUT2D eigenvalue weighted by Crippen LogP contribution is -2.26. The predicted octanol–water partition coefficient (Wildman–Crippen LogP) is 3.19. The van der Waals surface area contributed by atoms with Crippen molar-refractivity contribution < 1.29 is 28.3 Å². The molecule has 1 unspecified atom stereocenters. The van der Waals surface area contributed by atoms with Crippen LogP contribution in [0.1, 0.15) is 11.1 Å². The number of hydrogen-bond acceptors (Lipinski definition) is 6. The Labute approximate surface area is 173 Å². The van der Waals surface area contributed by atoms with Gasteiger partial charge in [0.25, 0.3) is 5.91 Å². The summed E-state index contributed by atoms with van der Waals surface area (Å²) in [5.41, 5.74) is 1.22. The van der Waals surface area contributed by atoms with Crippen LogP contribution in [0, 0.1) is 0 Å². The first-order valence-electron chi connectivity index (χ1n) is 8.53. The third-order valence-electron chi connectivity index (χ3n) is 3.89. The topological polar surface area (TPSA) is 89.1 Å². The highest BCUT2D eigenvalue weighted by Crippen LogP contribution is 2.30. The van der Waals surface area contributed by atoms with Crippen LogP contribution in [0.4, 0.5) is 0 Å². The molecule has 0 aliphatic carbocycles. The minimum Gasteiger partial charge on any atom is -0.588 e.